The first-order valence-corrected chi connectivity index (χ1v) is 5.76. The molecular weight excluding hydrogens is 224 g/mol. The average molecular weight is 244 g/mol. The smallest absolute Gasteiger partial charge is 0.326 e. The maximum Gasteiger partial charge on any atom is 0.326 e. The Bertz CT molecular complexity index is 295. The molecule has 3 unspecified atom stereocenters. The van der Waals surface area contributed by atoms with Gasteiger partial charge in [0.2, 0.25) is 5.91 Å². The third-order valence-electron chi connectivity index (χ3n) is 3.19. The van der Waals surface area contributed by atoms with Crippen molar-refractivity contribution in [1.29, 1.82) is 0 Å². The molecule has 1 saturated heterocycles. The number of amides is 1. The Balaban J connectivity index is 2.65. The van der Waals surface area contributed by atoms with Gasteiger partial charge in [-0.1, -0.05) is 6.92 Å². The number of aliphatic carboxylic acids is 1. The van der Waals surface area contributed by atoms with E-state index in [2.05, 4.69) is 0 Å². The Morgan fingerprint density at radius 3 is 2.76 bits per heavy atom. The maximum atomic E-state index is 12.0. The molecule has 0 aliphatic carbocycles. The molecule has 1 aliphatic heterocycles. The van der Waals surface area contributed by atoms with Crippen molar-refractivity contribution in [3.63, 3.8) is 0 Å². The lowest BCUT2D eigenvalue weighted by Crippen LogP contribution is -2.50. The summed E-state index contributed by atoms with van der Waals surface area (Å²) in [5, 5.41) is 9.10. The highest BCUT2D eigenvalue weighted by Crippen LogP contribution is 2.24. The van der Waals surface area contributed by atoms with Crippen LogP contribution in [0.25, 0.3) is 0 Å². The molecule has 1 fully saturated rings. The van der Waals surface area contributed by atoms with Crippen molar-refractivity contribution in [3.05, 3.63) is 0 Å². The predicted octanol–water partition coefficient (Wildman–Crippen LogP) is -0.328. The summed E-state index contributed by atoms with van der Waals surface area (Å²) in [7, 11) is 1.54. The number of carboxylic acid groups (broad SMARTS) is 1. The van der Waals surface area contributed by atoms with Crippen LogP contribution in [0.3, 0.4) is 0 Å². The molecule has 1 rings (SSSR count). The molecule has 0 radical (unpaired) electrons. The SMILES string of the molecule is COCCC(N)C(=O)N1CCC(C)C1C(=O)O. The number of likely N-dealkylation sites (tertiary alicyclic amines) is 1. The van der Waals surface area contributed by atoms with Crippen molar-refractivity contribution in [2.24, 2.45) is 11.7 Å². The summed E-state index contributed by atoms with van der Waals surface area (Å²) < 4.78 is 4.85. The number of carboxylic acids is 1. The second-order valence-corrected chi connectivity index (χ2v) is 4.47. The summed E-state index contributed by atoms with van der Waals surface area (Å²) in [6.45, 7) is 2.71. The molecule has 6 heteroatoms. The van der Waals surface area contributed by atoms with Crippen LogP contribution in [0.4, 0.5) is 0 Å². The highest BCUT2D eigenvalue weighted by atomic mass is 16.5. The fourth-order valence-corrected chi connectivity index (χ4v) is 2.15. The minimum atomic E-state index is -0.956. The molecule has 0 aromatic rings. The maximum absolute atomic E-state index is 12.0. The molecule has 1 amide bonds. The lowest BCUT2D eigenvalue weighted by molar-refractivity contribution is -0.150. The molecule has 0 aromatic heterocycles. The molecule has 0 saturated carbocycles. The molecule has 3 N–H and O–H groups in total. The van der Waals surface area contributed by atoms with Crippen LogP contribution in [0, 0.1) is 5.92 Å². The van der Waals surface area contributed by atoms with Crippen molar-refractivity contribution in [3.8, 4) is 0 Å². The van der Waals surface area contributed by atoms with Crippen LogP contribution in [0.1, 0.15) is 19.8 Å². The monoisotopic (exact) mass is 244 g/mol. The fourth-order valence-electron chi connectivity index (χ4n) is 2.15. The zero-order valence-electron chi connectivity index (χ0n) is 10.3. The Morgan fingerprint density at radius 1 is 1.59 bits per heavy atom. The van der Waals surface area contributed by atoms with E-state index in [1.807, 2.05) is 6.92 Å². The summed E-state index contributed by atoms with van der Waals surface area (Å²) in [5.41, 5.74) is 5.73. The van der Waals surface area contributed by atoms with Crippen LogP contribution in [0.15, 0.2) is 0 Å². The van der Waals surface area contributed by atoms with Crippen molar-refractivity contribution in [2.45, 2.75) is 31.8 Å². The van der Waals surface area contributed by atoms with Gasteiger partial charge < -0.3 is 20.5 Å². The Hall–Kier alpha value is -1.14. The van der Waals surface area contributed by atoms with Crippen molar-refractivity contribution in [1.82, 2.24) is 4.90 Å². The van der Waals surface area contributed by atoms with E-state index in [0.717, 1.165) is 0 Å². The Morgan fingerprint density at radius 2 is 2.24 bits per heavy atom. The fraction of sp³-hybridized carbons (Fsp3) is 0.818. The zero-order chi connectivity index (χ0) is 13.0. The van der Waals surface area contributed by atoms with E-state index in [0.29, 0.717) is 26.0 Å². The number of methoxy groups -OCH3 is 1. The molecule has 1 aliphatic rings. The number of rotatable bonds is 5. The molecule has 3 atom stereocenters. The van der Waals surface area contributed by atoms with Gasteiger partial charge in [-0.2, -0.15) is 0 Å². The molecule has 0 bridgehead atoms. The van der Waals surface area contributed by atoms with E-state index in [4.69, 9.17) is 15.6 Å². The van der Waals surface area contributed by atoms with Crippen LogP contribution in [0.2, 0.25) is 0 Å². The van der Waals surface area contributed by atoms with Crippen LogP contribution in [-0.2, 0) is 14.3 Å². The average Bonchev–Trinajstić information content (AvgIpc) is 2.66. The van der Waals surface area contributed by atoms with Gasteiger partial charge in [-0.15, -0.1) is 0 Å². The van der Waals surface area contributed by atoms with Gasteiger partial charge in [-0.05, 0) is 18.8 Å². The largest absolute Gasteiger partial charge is 0.480 e. The standard InChI is InChI=1S/C11H20N2O4/c1-7-3-5-13(9(7)11(15)16)10(14)8(12)4-6-17-2/h7-9H,3-6,12H2,1-2H3,(H,15,16). The van der Waals surface area contributed by atoms with Crippen LogP contribution >= 0.6 is 0 Å². The summed E-state index contributed by atoms with van der Waals surface area (Å²) in [4.78, 5) is 24.5. The zero-order valence-corrected chi connectivity index (χ0v) is 10.3. The predicted molar refractivity (Wildman–Crippen MR) is 61.4 cm³/mol. The lowest BCUT2D eigenvalue weighted by atomic mass is 10.0. The minimum Gasteiger partial charge on any atom is -0.480 e. The van der Waals surface area contributed by atoms with Gasteiger partial charge in [0.25, 0.3) is 0 Å². The first-order valence-electron chi connectivity index (χ1n) is 5.76. The van der Waals surface area contributed by atoms with Gasteiger partial charge in [0.15, 0.2) is 0 Å². The summed E-state index contributed by atoms with van der Waals surface area (Å²) in [6, 6.07) is -1.42. The van der Waals surface area contributed by atoms with Gasteiger partial charge in [0.05, 0.1) is 6.04 Å². The van der Waals surface area contributed by atoms with E-state index in [9.17, 15) is 9.59 Å². The van der Waals surface area contributed by atoms with Crippen LogP contribution in [-0.4, -0.2) is 54.2 Å². The molecule has 1 heterocycles. The topological polar surface area (TPSA) is 92.9 Å². The second-order valence-electron chi connectivity index (χ2n) is 4.47. The minimum absolute atomic E-state index is 0.0222. The number of carbonyl (C=O) groups excluding carboxylic acids is 1. The summed E-state index contributed by atoms with van der Waals surface area (Å²) in [5.74, 6) is -1.27. The third-order valence-corrected chi connectivity index (χ3v) is 3.19. The molecular formula is C11H20N2O4. The summed E-state index contributed by atoms with van der Waals surface area (Å²) >= 11 is 0. The molecule has 0 spiro atoms. The highest BCUT2D eigenvalue weighted by molar-refractivity contribution is 5.87. The van der Waals surface area contributed by atoms with Gasteiger partial charge in [-0.3, -0.25) is 4.79 Å². The number of ether oxygens (including phenoxy) is 1. The van der Waals surface area contributed by atoms with Gasteiger partial charge in [0, 0.05) is 20.3 Å². The Labute approximate surface area is 101 Å². The quantitative estimate of drug-likeness (QED) is 0.691. The highest BCUT2D eigenvalue weighted by Gasteiger charge is 2.40. The molecule has 0 aromatic carbocycles. The number of hydrogen-bond acceptors (Lipinski definition) is 4. The normalized spacial score (nSPS) is 25.9. The Kier molecular flexibility index (Phi) is 4.89. The molecule has 17 heavy (non-hydrogen) atoms. The first-order chi connectivity index (χ1) is 7.99. The third kappa shape index (κ3) is 3.17. The van der Waals surface area contributed by atoms with E-state index in [-0.39, 0.29) is 11.8 Å². The molecule has 98 valence electrons. The lowest BCUT2D eigenvalue weighted by Gasteiger charge is -2.26. The van der Waals surface area contributed by atoms with Crippen molar-refractivity contribution >= 4 is 11.9 Å². The summed E-state index contributed by atoms with van der Waals surface area (Å²) in [6.07, 6.45) is 1.12. The number of nitrogens with two attached hydrogens (primary N) is 1. The van der Waals surface area contributed by atoms with E-state index >= 15 is 0 Å². The van der Waals surface area contributed by atoms with E-state index in [1.54, 1.807) is 0 Å². The second kappa shape index (κ2) is 5.97. The van der Waals surface area contributed by atoms with Crippen LogP contribution in [0.5, 0.6) is 0 Å². The molecule has 6 nitrogen and oxygen atoms in total. The van der Waals surface area contributed by atoms with Crippen LogP contribution < -0.4 is 5.73 Å². The van der Waals surface area contributed by atoms with E-state index < -0.39 is 18.1 Å². The van der Waals surface area contributed by atoms with Crippen molar-refractivity contribution < 1.29 is 19.4 Å². The van der Waals surface area contributed by atoms with Gasteiger partial charge in [0.1, 0.15) is 6.04 Å². The van der Waals surface area contributed by atoms with Gasteiger partial charge >= 0.3 is 5.97 Å². The van der Waals surface area contributed by atoms with Gasteiger partial charge in [-0.25, -0.2) is 4.79 Å². The number of carbonyl (C=O) groups is 2. The van der Waals surface area contributed by atoms with E-state index in [1.165, 1.54) is 12.0 Å². The number of hydrogen-bond donors (Lipinski definition) is 2. The number of nitrogens with zero attached hydrogens (tertiary/aromatic N) is 1. The van der Waals surface area contributed by atoms with Crippen molar-refractivity contribution in [2.75, 3.05) is 20.3 Å². The first kappa shape index (κ1) is 13.9.